The molecule has 1 atom stereocenters. The van der Waals surface area contributed by atoms with Crippen LogP contribution in [0.3, 0.4) is 0 Å². The van der Waals surface area contributed by atoms with E-state index in [0.717, 1.165) is 24.5 Å². The fraction of sp³-hybridized carbons (Fsp3) is 0.500. The van der Waals surface area contributed by atoms with Crippen LogP contribution in [0.2, 0.25) is 0 Å². The van der Waals surface area contributed by atoms with Crippen LogP contribution in [0.25, 0.3) is 0 Å². The molecule has 0 heterocycles. The van der Waals surface area contributed by atoms with E-state index in [9.17, 15) is 8.78 Å². The number of alkyl halides is 3. The first-order chi connectivity index (χ1) is 10.4. The third kappa shape index (κ3) is 3.88. The van der Waals surface area contributed by atoms with Crippen molar-refractivity contribution in [1.82, 2.24) is 0 Å². The van der Waals surface area contributed by atoms with Crippen LogP contribution in [0.1, 0.15) is 52.7 Å². The predicted octanol–water partition coefficient (Wildman–Crippen LogP) is 6.41. The van der Waals surface area contributed by atoms with Gasteiger partial charge in [0.25, 0.3) is 5.92 Å². The van der Waals surface area contributed by atoms with Crippen molar-refractivity contribution in [1.29, 1.82) is 0 Å². The summed E-state index contributed by atoms with van der Waals surface area (Å²) in [5.74, 6) is -3.05. The zero-order valence-corrected chi connectivity index (χ0v) is 14.9. The van der Waals surface area contributed by atoms with Crippen molar-refractivity contribution in [2.24, 2.45) is 0 Å². The van der Waals surface area contributed by atoms with Crippen LogP contribution >= 0.6 is 0 Å². The summed E-state index contributed by atoms with van der Waals surface area (Å²) in [5.41, 5.74) is -0.808. The maximum absolute atomic E-state index is 15.7. The Kier molecular flexibility index (Phi) is 5.56. The van der Waals surface area contributed by atoms with E-state index in [0.29, 0.717) is 0 Å². The summed E-state index contributed by atoms with van der Waals surface area (Å²) in [5, 5.41) is 0. The molecule has 128 valence electrons. The van der Waals surface area contributed by atoms with E-state index in [1.54, 1.807) is 6.92 Å². The van der Waals surface area contributed by atoms with Crippen molar-refractivity contribution >= 4 is 0 Å². The van der Waals surface area contributed by atoms with Gasteiger partial charge in [-0.1, -0.05) is 57.7 Å². The average molecular weight is 324 g/mol. The summed E-state index contributed by atoms with van der Waals surface area (Å²) < 4.78 is 42.3. The standard InChI is InChI=1S/C20H27F3/c1-8-16-11-9-10-12-17(16)18(4,5)19(6,21)14(2)13-15(3)20(7,22)23/h9-13H,3,8H2,1-2,4-7H3/b14-13+. The summed E-state index contributed by atoms with van der Waals surface area (Å²) in [7, 11) is 0. The van der Waals surface area contributed by atoms with Crippen LogP contribution in [0.4, 0.5) is 13.2 Å². The number of halogens is 3. The molecule has 0 radical (unpaired) electrons. The minimum atomic E-state index is -3.05. The molecule has 0 bridgehead atoms. The van der Waals surface area contributed by atoms with Gasteiger partial charge in [-0.15, -0.1) is 0 Å². The Morgan fingerprint density at radius 1 is 1.09 bits per heavy atom. The minimum Gasteiger partial charge on any atom is -0.238 e. The summed E-state index contributed by atoms with van der Waals surface area (Å²) in [4.78, 5) is 0. The SMILES string of the molecule is C=C(/C=C(\C)C(C)(F)C(C)(C)c1ccccc1CC)C(C)(F)F. The van der Waals surface area contributed by atoms with Gasteiger partial charge in [-0.05, 0) is 37.0 Å². The molecule has 0 nitrogen and oxygen atoms in total. The predicted molar refractivity (Wildman–Crippen MR) is 91.9 cm³/mol. The summed E-state index contributed by atoms with van der Waals surface area (Å²) in [6.07, 6.45) is 1.97. The first-order valence-corrected chi connectivity index (χ1v) is 7.89. The smallest absolute Gasteiger partial charge is 0.238 e. The van der Waals surface area contributed by atoms with Gasteiger partial charge < -0.3 is 0 Å². The Labute approximate surface area is 138 Å². The van der Waals surface area contributed by atoms with Crippen molar-refractivity contribution in [2.75, 3.05) is 0 Å². The topological polar surface area (TPSA) is 0 Å². The third-order valence-electron chi connectivity index (χ3n) is 4.94. The van der Waals surface area contributed by atoms with E-state index in [2.05, 4.69) is 6.58 Å². The Morgan fingerprint density at radius 2 is 1.61 bits per heavy atom. The summed E-state index contributed by atoms with van der Waals surface area (Å²) >= 11 is 0. The van der Waals surface area contributed by atoms with Crippen LogP contribution in [-0.2, 0) is 11.8 Å². The normalized spacial score (nSPS) is 16.1. The van der Waals surface area contributed by atoms with Gasteiger partial charge >= 0.3 is 0 Å². The first-order valence-electron chi connectivity index (χ1n) is 7.89. The largest absolute Gasteiger partial charge is 0.269 e. The lowest BCUT2D eigenvalue weighted by Gasteiger charge is -2.40. The molecule has 0 spiro atoms. The van der Waals surface area contributed by atoms with Crippen molar-refractivity contribution in [3.8, 4) is 0 Å². The maximum Gasteiger partial charge on any atom is 0.269 e. The summed E-state index contributed by atoms with van der Waals surface area (Å²) in [6.45, 7) is 12.8. The highest BCUT2D eigenvalue weighted by Crippen LogP contribution is 2.44. The lowest BCUT2D eigenvalue weighted by Crippen LogP contribution is -2.43. The molecule has 0 saturated carbocycles. The second-order valence-electron chi connectivity index (χ2n) is 6.88. The molecule has 0 aliphatic heterocycles. The molecule has 1 aromatic rings. The van der Waals surface area contributed by atoms with Crippen LogP contribution < -0.4 is 0 Å². The molecule has 1 rings (SSSR count). The molecule has 23 heavy (non-hydrogen) atoms. The lowest BCUT2D eigenvalue weighted by atomic mass is 9.67. The first kappa shape index (κ1) is 19.5. The minimum absolute atomic E-state index is 0.250. The van der Waals surface area contributed by atoms with Crippen molar-refractivity contribution < 1.29 is 13.2 Å². The fourth-order valence-electron chi connectivity index (χ4n) is 2.71. The van der Waals surface area contributed by atoms with Gasteiger partial charge in [0.05, 0.1) is 0 Å². The molecule has 3 heteroatoms. The van der Waals surface area contributed by atoms with E-state index in [4.69, 9.17) is 0 Å². The third-order valence-corrected chi connectivity index (χ3v) is 4.94. The highest BCUT2D eigenvalue weighted by molar-refractivity contribution is 5.41. The molecular formula is C20H27F3. The van der Waals surface area contributed by atoms with Gasteiger partial charge in [-0.25, -0.2) is 13.2 Å². The average Bonchev–Trinajstić information content (AvgIpc) is 2.45. The van der Waals surface area contributed by atoms with Gasteiger partial charge in [0, 0.05) is 17.9 Å². The molecule has 0 amide bonds. The van der Waals surface area contributed by atoms with Crippen LogP contribution in [0, 0.1) is 0 Å². The van der Waals surface area contributed by atoms with Gasteiger partial charge in [-0.2, -0.15) is 0 Å². The van der Waals surface area contributed by atoms with Crippen molar-refractivity contribution in [3.05, 3.63) is 59.2 Å². The van der Waals surface area contributed by atoms with E-state index >= 15 is 4.39 Å². The number of hydrogen-bond acceptors (Lipinski definition) is 0. The molecule has 0 aromatic heterocycles. The quantitative estimate of drug-likeness (QED) is 0.530. The molecular weight excluding hydrogens is 297 g/mol. The van der Waals surface area contributed by atoms with E-state index < -0.39 is 17.0 Å². The van der Waals surface area contributed by atoms with E-state index in [1.165, 1.54) is 13.0 Å². The van der Waals surface area contributed by atoms with Crippen LogP contribution in [0.15, 0.2) is 48.1 Å². The number of hydrogen-bond donors (Lipinski definition) is 0. The van der Waals surface area contributed by atoms with Gasteiger partial charge in [0.15, 0.2) is 0 Å². The van der Waals surface area contributed by atoms with Crippen molar-refractivity contribution in [3.63, 3.8) is 0 Å². The monoisotopic (exact) mass is 324 g/mol. The Bertz CT molecular complexity index is 602. The number of rotatable bonds is 6. The molecule has 1 unspecified atom stereocenters. The highest BCUT2D eigenvalue weighted by Gasteiger charge is 2.45. The Hall–Kier alpha value is -1.51. The molecule has 1 aromatic carbocycles. The zero-order valence-electron chi connectivity index (χ0n) is 14.9. The second-order valence-corrected chi connectivity index (χ2v) is 6.88. The van der Waals surface area contributed by atoms with E-state index in [1.807, 2.05) is 45.0 Å². The molecule has 0 aliphatic rings. The number of allylic oxidation sites excluding steroid dienone is 3. The molecule has 0 N–H and O–H groups in total. The van der Waals surface area contributed by atoms with Crippen LogP contribution in [0.5, 0.6) is 0 Å². The summed E-state index contributed by atoms with van der Waals surface area (Å²) in [6, 6.07) is 7.69. The Morgan fingerprint density at radius 3 is 2.09 bits per heavy atom. The second kappa shape index (κ2) is 6.54. The number of benzene rings is 1. The van der Waals surface area contributed by atoms with Gasteiger partial charge in [-0.3, -0.25) is 0 Å². The van der Waals surface area contributed by atoms with Gasteiger partial charge in [0.2, 0.25) is 0 Å². The maximum atomic E-state index is 15.7. The molecule has 0 fully saturated rings. The Balaban J connectivity index is 3.34. The lowest BCUT2D eigenvalue weighted by molar-refractivity contribution is 0.0672. The van der Waals surface area contributed by atoms with Crippen molar-refractivity contribution in [2.45, 2.75) is 65.0 Å². The van der Waals surface area contributed by atoms with Crippen LogP contribution in [-0.4, -0.2) is 11.6 Å². The van der Waals surface area contributed by atoms with E-state index in [-0.39, 0.29) is 11.1 Å². The number of aryl methyl sites for hydroxylation is 1. The fourth-order valence-corrected chi connectivity index (χ4v) is 2.71. The highest BCUT2D eigenvalue weighted by atomic mass is 19.3. The molecule has 0 saturated heterocycles. The zero-order chi connectivity index (χ0) is 18.1. The van der Waals surface area contributed by atoms with Gasteiger partial charge in [0.1, 0.15) is 5.67 Å². The molecule has 0 aliphatic carbocycles.